The van der Waals surface area contributed by atoms with Crippen molar-refractivity contribution in [3.8, 4) is 0 Å². The van der Waals surface area contributed by atoms with E-state index < -0.39 is 0 Å². The van der Waals surface area contributed by atoms with E-state index in [0.29, 0.717) is 18.5 Å². The highest BCUT2D eigenvalue weighted by Gasteiger charge is 2.59. The molecular weight excluding hydrogens is 460 g/mol. The van der Waals surface area contributed by atoms with Crippen LogP contribution in [0.15, 0.2) is 11.6 Å². The molecule has 3 fully saturated rings. The zero-order valence-electron chi connectivity index (χ0n) is 25.0. The van der Waals surface area contributed by atoms with Crippen molar-refractivity contribution in [2.45, 2.75) is 111 Å². The van der Waals surface area contributed by atoms with Crippen molar-refractivity contribution in [1.82, 2.24) is 5.32 Å². The number of amides is 1. The summed E-state index contributed by atoms with van der Waals surface area (Å²) in [5, 5.41) is 12.6. The summed E-state index contributed by atoms with van der Waals surface area (Å²) in [4.78, 5) is 12.4. The highest BCUT2D eigenvalue weighted by molar-refractivity contribution is 5.67. The molecule has 2 N–H and O–H groups in total. The number of alkyl carbamates (subject to hydrolysis) is 1. The molecule has 4 rings (SSSR count). The first-order valence-corrected chi connectivity index (χ1v) is 15.5. The van der Waals surface area contributed by atoms with Gasteiger partial charge in [0.15, 0.2) is 0 Å². The summed E-state index contributed by atoms with van der Waals surface area (Å²) >= 11 is 0. The number of nitrogens with one attached hydrogen (secondary N) is 1. The highest BCUT2D eigenvalue weighted by atomic mass is 16.6. The number of hydrogen-bond acceptors (Lipinski definition) is 3. The number of ether oxygens (including phenoxy) is 1. The molecule has 0 saturated heterocycles. The Morgan fingerprint density at radius 3 is 2.57 bits per heavy atom. The summed E-state index contributed by atoms with van der Waals surface area (Å²) in [5.41, 5.74) is 2.37. The molecule has 4 aliphatic carbocycles. The topological polar surface area (TPSA) is 58.6 Å². The van der Waals surface area contributed by atoms with Crippen LogP contribution in [0.25, 0.3) is 0 Å². The van der Waals surface area contributed by atoms with E-state index in [1.165, 1.54) is 51.4 Å². The second kappa shape index (κ2) is 11.2. The minimum absolute atomic E-state index is 0.0242. The van der Waals surface area contributed by atoms with Crippen molar-refractivity contribution < 1.29 is 19.4 Å². The SMILES string of the molecule is CC(C)CCCC(C)C1CCC2C3CC=C4CC(OC(=O)NCC[N+](C)(C)O)CCC4(C)C3CCC12C. The minimum Gasteiger partial charge on any atom is -0.446 e. The Bertz CT molecular complexity index is 832. The summed E-state index contributed by atoms with van der Waals surface area (Å²) < 4.78 is 5.67. The normalized spacial score (nSPS) is 38.3. The fourth-order valence-electron chi connectivity index (χ4n) is 9.38. The summed E-state index contributed by atoms with van der Waals surface area (Å²) in [7, 11) is 3.40. The zero-order valence-corrected chi connectivity index (χ0v) is 25.0. The molecule has 0 aromatic heterocycles. The van der Waals surface area contributed by atoms with E-state index in [-0.39, 0.29) is 22.3 Å². The molecule has 0 radical (unpaired) electrons. The van der Waals surface area contributed by atoms with E-state index in [2.05, 4.69) is 46.0 Å². The lowest BCUT2D eigenvalue weighted by Gasteiger charge is -2.58. The van der Waals surface area contributed by atoms with Crippen LogP contribution >= 0.6 is 0 Å². The van der Waals surface area contributed by atoms with Crippen LogP contribution in [-0.2, 0) is 4.74 Å². The molecule has 3 saturated carbocycles. The Morgan fingerprint density at radius 1 is 1.11 bits per heavy atom. The van der Waals surface area contributed by atoms with Gasteiger partial charge in [0, 0.05) is 6.42 Å². The number of hydrogen-bond donors (Lipinski definition) is 2. The maximum Gasteiger partial charge on any atom is 0.407 e. The average molecular weight is 518 g/mol. The van der Waals surface area contributed by atoms with Crippen molar-refractivity contribution in [3.05, 3.63) is 11.6 Å². The fourth-order valence-corrected chi connectivity index (χ4v) is 9.38. The van der Waals surface area contributed by atoms with E-state index in [1.54, 1.807) is 19.7 Å². The molecule has 0 bridgehead atoms. The van der Waals surface area contributed by atoms with Crippen LogP contribution in [0.5, 0.6) is 0 Å². The number of fused-ring (bicyclic) bond motifs is 5. The molecule has 0 heterocycles. The van der Waals surface area contributed by atoms with Gasteiger partial charge in [0.25, 0.3) is 0 Å². The standard InChI is InChI=1S/C32H56N2O3/c1-22(2)9-8-10-23(3)27-13-14-28-26-12-11-24-21-25(37-30(35)33-19-20-34(6,7)36)15-17-31(24,4)29(26)16-18-32(27,28)5/h11,22-23,25-29,36H,8-10,12-21H2,1-7H3/p+1. The molecule has 5 heteroatoms. The van der Waals surface area contributed by atoms with E-state index >= 15 is 0 Å². The number of rotatable bonds is 9. The van der Waals surface area contributed by atoms with Gasteiger partial charge in [0.1, 0.15) is 12.6 Å². The third-order valence-corrected chi connectivity index (χ3v) is 11.5. The van der Waals surface area contributed by atoms with Crippen LogP contribution < -0.4 is 5.32 Å². The molecule has 0 aromatic carbocycles. The molecule has 1 amide bonds. The zero-order chi connectivity index (χ0) is 27.0. The fraction of sp³-hybridized carbons (Fsp3) is 0.906. The van der Waals surface area contributed by atoms with Crippen LogP contribution in [0.2, 0.25) is 0 Å². The van der Waals surface area contributed by atoms with Crippen LogP contribution in [0.3, 0.4) is 0 Å². The van der Waals surface area contributed by atoms with Gasteiger partial charge in [-0.05, 0) is 91.3 Å². The van der Waals surface area contributed by atoms with Gasteiger partial charge < -0.3 is 10.1 Å². The number of allylic oxidation sites excluding steroid dienone is 1. The molecule has 4 aliphatic rings. The van der Waals surface area contributed by atoms with Crippen molar-refractivity contribution in [2.24, 2.45) is 46.3 Å². The summed E-state index contributed by atoms with van der Waals surface area (Å²) in [5.74, 6) is 5.10. The number of carbonyl (C=O) groups excluding carboxylic acids is 1. The summed E-state index contributed by atoms with van der Waals surface area (Å²) in [6.45, 7) is 13.4. The van der Waals surface area contributed by atoms with Crippen molar-refractivity contribution in [1.29, 1.82) is 0 Å². The molecular formula is C32H57N2O3+. The number of hydroxylamine groups is 3. The van der Waals surface area contributed by atoms with Gasteiger partial charge in [0.05, 0.1) is 20.6 Å². The van der Waals surface area contributed by atoms with Crippen molar-refractivity contribution in [3.63, 3.8) is 0 Å². The van der Waals surface area contributed by atoms with Gasteiger partial charge in [-0.15, -0.1) is 0 Å². The van der Waals surface area contributed by atoms with Crippen LogP contribution in [0.4, 0.5) is 4.79 Å². The maximum absolute atomic E-state index is 12.4. The quantitative estimate of drug-likeness (QED) is 0.188. The first-order chi connectivity index (χ1) is 17.3. The van der Waals surface area contributed by atoms with Gasteiger partial charge in [-0.25, -0.2) is 10.0 Å². The van der Waals surface area contributed by atoms with Gasteiger partial charge in [-0.2, -0.15) is 4.65 Å². The third kappa shape index (κ3) is 6.24. The Kier molecular flexibility index (Phi) is 8.75. The number of nitrogens with zero attached hydrogens (tertiary/aromatic N) is 1. The molecule has 0 spiro atoms. The first-order valence-electron chi connectivity index (χ1n) is 15.5. The van der Waals surface area contributed by atoms with E-state index in [4.69, 9.17) is 4.74 Å². The molecule has 8 atom stereocenters. The second-order valence-corrected chi connectivity index (χ2v) is 14.8. The monoisotopic (exact) mass is 517 g/mol. The predicted molar refractivity (Wildman–Crippen MR) is 150 cm³/mol. The summed E-state index contributed by atoms with van der Waals surface area (Å²) in [6, 6.07) is 0. The Labute approximate surface area is 227 Å². The summed E-state index contributed by atoms with van der Waals surface area (Å²) in [6.07, 6.45) is 16.3. The molecule has 212 valence electrons. The number of quaternary nitrogens is 1. The molecule has 37 heavy (non-hydrogen) atoms. The van der Waals surface area contributed by atoms with Crippen molar-refractivity contribution in [2.75, 3.05) is 27.2 Å². The highest BCUT2D eigenvalue weighted by Crippen LogP contribution is 2.67. The Hall–Kier alpha value is -1.07. The second-order valence-electron chi connectivity index (χ2n) is 14.8. The smallest absolute Gasteiger partial charge is 0.407 e. The van der Waals surface area contributed by atoms with Gasteiger partial charge in [-0.1, -0.05) is 65.5 Å². The largest absolute Gasteiger partial charge is 0.446 e. The van der Waals surface area contributed by atoms with E-state index in [1.807, 2.05) is 0 Å². The molecule has 5 nitrogen and oxygen atoms in total. The van der Waals surface area contributed by atoms with Crippen LogP contribution in [0.1, 0.15) is 105 Å². The van der Waals surface area contributed by atoms with Crippen LogP contribution in [0, 0.1) is 46.3 Å². The van der Waals surface area contributed by atoms with Gasteiger partial charge in [-0.3, -0.25) is 0 Å². The first kappa shape index (κ1) is 28.9. The lowest BCUT2D eigenvalue weighted by atomic mass is 9.47. The average Bonchev–Trinajstić information content (AvgIpc) is 3.15. The van der Waals surface area contributed by atoms with E-state index in [0.717, 1.165) is 54.8 Å². The lowest BCUT2D eigenvalue weighted by molar-refractivity contribution is -1.07. The minimum atomic E-state index is -0.343. The van der Waals surface area contributed by atoms with Gasteiger partial charge >= 0.3 is 6.09 Å². The predicted octanol–water partition coefficient (Wildman–Crippen LogP) is 7.59. The van der Waals surface area contributed by atoms with Crippen LogP contribution in [-0.4, -0.2) is 49.2 Å². The lowest BCUT2D eigenvalue weighted by Crippen LogP contribution is -2.51. The van der Waals surface area contributed by atoms with E-state index in [9.17, 15) is 10.0 Å². The maximum atomic E-state index is 12.4. The Balaban J connectivity index is 1.36. The molecule has 0 aromatic rings. The Morgan fingerprint density at radius 2 is 1.86 bits per heavy atom. The molecule has 8 unspecified atom stereocenters. The third-order valence-electron chi connectivity index (χ3n) is 11.5. The van der Waals surface area contributed by atoms with Gasteiger partial charge in [0.2, 0.25) is 0 Å². The van der Waals surface area contributed by atoms with Crippen molar-refractivity contribution >= 4 is 6.09 Å². The number of likely N-dealkylation sites (N-methyl/N-ethyl adjacent to an activating group) is 1. The molecule has 0 aliphatic heterocycles. The number of carbonyl (C=O) groups is 1.